The molecule has 1 unspecified atom stereocenters. The molecule has 20 heavy (non-hydrogen) atoms. The van der Waals surface area contributed by atoms with Gasteiger partial charge in [-0.3, -0.25) is 10.1 Å². The summed E-state index contributed by atoms with van der Waals surface area (Å²) in [6, 6.07) is 6.81. The normalized spacial score (nSPS) is 18.0. The van der Waals surface area contributed by atoms with Crippen molar-refractivity contribution in [2.45, 2.75) is 22.8 Å². The maximum absolute atomic E-state index is 12.3. The summed E-state index contributed by atoms with van der Waals surface area (Å²) in [6.07, 6.45) is 1.54. The lowest BCUT2D eigenvalue weighted by Crippen LogP contribution is -3.17. The van der Waals surface area contributed by atoms with Crippen LogP contribution in [-0.4, -0.2) is 29.0 Å². The van der Waals surface area contributed by atoms with E-state index in [2.05, 4.69) is 5.32 Å². The number of nitrogens with one attached hydrogen (secondary N) is 2. The van der Waals surface area contributed by atoms with Gasteiger partial charge in [-0.1, -0.05) is 58.5 Å². The molecule has 1 amide bonds. The first kappa shape index (κ1) is 16.2. The van der Waals surface area contributed by atoms with Crippen molar-refractivity contribution in [3.05, 3.63) is 34.9 Å². The summed E-state index contributed by atoms with van der Waals surface area (Å²) in [5.41, 5.74) is 0.381. The van der Waals surface area contributed by atoms with Crippen LogP contribution in [0.2, 0.25) is 5.02 Å². The molecule has 1 saturated heterocycles. The lowest BCUT2D eigenvalue weighted by atomic mass is 10.2. The maximum atomic E-state index is 12.3. The van der Waals surface area contributed by atoms with Crippen LogP contribution in [0.3, 0.4) is 0 Å². The van der Waals surface area contributed by atoms with Crippen LogP contribution in [0.25, 0.3) is 0 Å². The Balaban J connectivity index is 2.16. The fourth-order valence-corrected chi connectivity index (χ4v) is 3.24. The highest BCUT2D eigenvalue weighted by Gasteiger charge is 2.43. The van der Waals surface area contributed by atoms with Gasteiger partial charge in [-0.25, -0.2) is 0 Å². The van der Waals surface area contributed by atoms with E-state index >= 15 is 0 Å². The summed E-state index contributed by atoms with van der Waals surface area (Å²) < 4.78 is -1.56. The predicted octanol–water partition coefficient (Wildman–Crippen LogP) is 2.44. The van der Waals surface area contributed by atoms with Crippen LogP contribution in [0.1, 0.15) is 23.2 Å². The lowest BCUT2D eigenvalue weighted by Gasteiger charge is -2.30. The fourth-order valence-electron chi connectivity index (χ4n) is 2.39. The Morgan fingerprint density at radius 3 is 2.35 bits per heavy atom. The van der Waals surface area contributed by atoms with Crippen LogP contribution in [0.5, 0.6) is 0 Å². The van der Waals surface area contributed by atoms with E-state index in [0.717, 1.165) is 30.8 Å². The van der Waals surface area contributed by atoms with Crippen molar-refractivity contribution >= 4 is 52.3 Å². The summed E-state index contributed by atoms with van der Waals surface area (Å²) in [5, 5.41) is 3.18. The number of quaternary nitrogens is 1. The minimum Gasteiger partial charge on any atom is -0.312 e. The molecular weight excluding hydrogens is 342 g/mol. The predicted molar refractivity (Wildman–Crippen MR) is 82.9 cm³/mol. The minimum absolute atomic E-state index is 0.327. The Morgan fingerprint density at radius 2 is 1.80 bits per heavy atom. The summed E-state index contributed by atoms with van der Waals surface area (Å²) in [5.74, 6) is -0.327. The quantitative estimate of drug-likeness (QED) is 0.801. The molecule has 3 nitrogen and oxygen atoms in total. The molecule has 1 atom stereocenters. The molecule has 7 heteroatoms. The zero-order valence-electron chi connectivity index (χ0n) is 10.6. The van der Waals surface area contributed by atoms with Crippen LogP contribution < -0.4 is 10.2 Å². The van der Waals surface area contributed by atoms with Gasteiger partial charge in [-0.05, 0) is 12.1 Å². The number of alkyl halides is 3. The zero-order chi connectivity index (χ0) is 14.8. The first-order valence-electron chi connectivity index (χ1n) is 6.36. The number of amides is 1. The molecule has 1 aromatic rings. The van der Waals surface area contributed by atoms with Crippen molar-refractivity contribution in [3.8, 4) is 0 Å². The van der Waals surface area contributed by atoms with E-state index in [4.69, 9.17) is 46.4 Å². The molecule has 1 aromatic carbocycles. The van der Waals surface area contributed by atoms with Gasteiger partial charge >= 0.3 is 0 Å². The Bertz CT molecular complexity index is 484. The van der Waals surface area contributed by atoms with E-state index in [1.165, 1.54) is 0 Å². The standard InChI is InChI=1S/C13H14Cl4N2O/c14-10-6-2-1-5-9(10)11(20)18-12(13(15,16)17)19-7-3-4-8-19/h1-2,5-6,12H,3-4,7-8H2,(H,18,20)/p+1. The van der Waals surface area contributed by atoms with Gasteiger partial charge in [0, 0.05) is 12.8 Å². The molecule has 1 heterocycles. The summed E-state index contributed by atoms with van der Waals surface area (Å²) in [7, 11) is 0. The third-order valence-corrected chi connectivity index (χ3v) is 4.36. The highest BCUT2D eigenvalue weighted by Crippen LogP contribution is 2.28. The second-order valence-electron chi connectivity index (χ2n) is 4.79. The first-order valence-corrected chi connectivity index (χ1v) is 7.87. The third kappa shape index (κ3) is 3.92. The number of hydrogen-bond donors (Lipinski definition) is 2. The van der Waals surface area contributed by atoms with E-state index in [9.17, 15) is 4.79 Å². The Hall–Kier alpha value is -0.190. The molecule has 0 aliphatic carbocycles. The van der Waals surface area contributed by atoms with Crippen LogP contribution >= 0.6 is 46.4 Å². The van der Waals surface area contributed by atoms with E-state index in [1.54, 1.807) is 24.3 Å². The molecule has 0 radical (unpaired) electrons. The number of benzene rings is 1. The Kier molecular flexibility index (Phi) is 5.43. The van der Waals surface area contributed by atoms with Gasteiger partial charge in [-0.15, -0.1) is 0 Å². The molecule has 2 rings (SSSR count). The average Bonchev–Trinajstić information content (AvgIpc) is 2.88. The SMILES string of the molecule is O=C(NC([NH+]1CCCC1)C(Cl)(Cl)Cl)c1ccccc1Cl. The van der Waals surface area contributed by atoms with Crippen LogP contribution in [0.4, 0.5) is 0 Å². The number of hydrogen-bond acceptors (Lipinski definition) is 1. The molecule has 1 fully saturated rings. The molecule has 0 aromatic heterocycles. The monoisotopic (exact) mass is 355 g/mol. The van der Waals surface area contributed by atoms with Crippen molar-refractivity contribution in [1.82, 2.24) is 5.32 Å². The number of halogens is 4. The second-order valence-corrected chi connectivity index (χ2v) is 7.57. The topological polar surface area (TPSA) is 33.5 Å². The van der Waals surface area contributed by atoms with E-state index in [1.807, 2.05) is 0 Å². The Labute approximate surface area is 138 Å². The molecule has 2 N–H and O–H groups in total. The highest BCUT2D eigenvalue weighted by atomic mass is 35.6. The van der Waals surface area contributed by atoms with Crippen molar-refractivity contribution in [1.29, 1.82) is 0 Å². The molecule has 110 valence electrons. The number of carbonyl (C=O) groups excluding carboxylic acids is 1. The van der Waals surface area contributed by atoms with Crippen LogP contribution in [-0.2, 0) is 0 Å². The second kappa shape index (κ2) is 6.71. The summed E-state index contributed by atoms with van der Waals surface area (Å²) >= 11 is 24.0. The van der Waals surface area contributed by atoms with Gasteiger partial charge in [0.15, 0.2) is 0 Å². The van der Waals surface area contributed by atoms with Gasteiger partial charge in [0.2, 0.25) is 6.17 Å². The van der Waals surface area contributed by atoms with E-state index in [-0.39, 0.29) is 5.91 Å². The lowest BCUT2D eigenvalue weighted by molar-refractivity contribution is -0.915. The van der Waals surface area contributed by atoms with Crippen molar-refractivity contribution in [2.75, 3.05) is 13.1 Å². The van der Waals surface area contributed by atoms with Gasteiger partial charge in [0.1, 0.15) is 0 Å². The summed E-state index contributed by atoms with van der Waals surface area (Å²) in [4.78, 5) is 13.4. The van der Waals surface area contributed by atoms with Crippen molar-refractivity contribution < 1.29 is 9.69 Å². The van der Waals surface area contributed by atoms with Gasteiger partial charge in [-0.2, -0.15) is 0 Å². The van der Waals surface area contributed by atoms with Crippen LogP contribution in [0, 0.1) is 0 Å². The zero-order valence-corrected chi connectivity index (χ0v) is 13.7. The summed E-state index contributed by atoms with van der Waals surface area (Å²) in [6.45, 7) is 1.75. The molecule has 0 saturated carbocycles. The van der Waals surface area contributed by atoms with E-state index in [0.29, 0.717) is 10.6 Å². The van der Waals surface area contributed by atoms with Crippen molar-refractivity contribution in [2.24, 2.45) is 0 Å². The molecule has 1 aliphatic heterocycles. The smallest absolute Gasteiger partial charge is 0.262 e. The minimum atomic E-state index is -1.56. The van der Waals surface area contributed by atoms with E-state index < -0.39 is 9.96 Å². The third-order valence-electron chi connectivity index (χ3n) is 3.38. The van der Waals surface area contributed by atoms with Crippen molar-refractivity contribution in [3.63, 3.8) is 0 Å². The number of rotatable bonds is 3. The van der Waals surface area contributed by atoms with Crippen LogP contribution in [0.15, 0.2) is 24.3 Å². The molecular formula is C13H15Cl4N2O+. The molecule has 1 aliphatic rings. The first-order chi connectivity index (χ1) is 9.39. The molecule has 0 bridgehead atoms. The maximum Gasteiger partial charge on any atom is 0.262 e. The van der Waals surface area contributed by atoms with Gasteiger partial charge in [0.05, 0.1) is 23.7 Å². The number of likely N-dealkylation sites (tertiary alicyclic amines) is 1. The number of carbonyl (C=O) groups is 1. The largest absolute Gasteiger partial charge is 0.312 e. The Morgan fingerprint density at radius 1 is 1.20 bits per heavy atom. The highest BCUT2D eigenvalue weighted by molar-refractivity contribution is 6.68. The van der Waals surface area contributed by atoms with Gasteiger partial charge < -0.3 is 4.90 Å². The molecule has 0 spiro atoms. The van der Waals surface area contributed by atoms with Gasteiger partial charge in [0.25, 0.3) is 9.70 Å². The average molecular weight is 357 g/mol. The fraction of sp³-hybridized carbons (Fsp3) is 0.462.